The molecule has 4 nitrogen and oxygen atoms in total. The number of aliphatic hydroxyl groups excluding tert-OH is 1. The van der Waals surface area contributed by atoms with Gasteiger partial charge in [0.25, 0.3) is 0 Å². The number of fused-ring (bicyclic) bond motifs is 7. The summed E-state index contributed by atoms with van der Waals surface area (Å²) in [6, 6.07) is 0. The first-order valence-electron chi connectivity index (χ1n) is 13.8. The molecule has 2 aliphatic heterocycles. The molecule has 0 bridgehead atoms. The fraction of sp³-hybridized carbons (Fsp3) is 1.00. The van der Waals surface area contributed by atoms with E-state index in [-0.39, 0.29) is 23.2 Å². The Balaban J connectivity index is 1.30. The van der Waals surface area contributed by atoms with Gasteiger partial charge in [-0.1, -0.05) is 34.6 Å². The Bertz CT molecular complexity index is 761. The van der Waals surface area contributed by atoms with E-state index in [0.29, 0.717) is 53.4 Å². The number of ether oxygens (including phenoxy) is 2. The topological polar surface area (TPSA) is 58.9 Å². The summed E-state index contributed by atoms with van der Waals surface area (Å²) in [7, 11) is 0. The van der Waals surface area contributed by atoms with Crippen LogP contribution in [-0.2, 0) is 9.47 Å². The molecule has 2 heterocycles. The van der Waals surface area contributed by atoms with Gasteiger partial charge in [-0.3, -0.25) is 0 Å². The molecule has 0 aromatic rings. The third kappa shape index (κ3) is 2.65. The van der Waals surface area contributed by atoms with Gasteiger partial charge in [0, 0.05) is 18.8 Å². The molecule has 6 fully saturated rings. The van der Waals surface area contributed by atoms with Crippen LogP contribution in [0.1, 0.15) is 92.4 Å². The van der Waals surface area contributed by atoms with Crippen LogP contribution in [0.3, 0.4) is 0 Å². The lowest BCUT2D eigenvalue weighted by atomic mass is 9.41. The first-order chi connectivity index (χ1) is 15.0. The van der Waals surface area contributed by atoms with E-state index < -0.39 is 5.60 Å². The molecule has 2 saturated heterocycles. The van der Waals surface area contributed by atoms with E-state index in [0.717, 1.165) is 32.3 Å². The zero-order valence-corrected chi connectivity index (χ0v) is 21.0. The summed E-state index contributed by atoms with van der Waals surface area (Å²) >= 11 is 0. The fourth-order valence-electron chi connectivity index (χ4n) is 10.7. The van der Waals surface area contributed by atoms with Crippen LogP contribution in [0.2, 0.25) is 0 Å². The van der Waals surface area contributed by atoms with Gasteiger partial charge in [-0.05, 0) is 91.3 Å². The molecule has 32 heavy (non-hydrogen) atoms. The van der Waals surface area contributed by atoms with E-state index >= 15 is 0 Å². The molecular weight excluding hydrogens is 400 g/mol. The lowest BCUT2D eigenvalue weighted by molar-refractivity contribution is -0.276. The molecule has 1 spiro atoms. The zero-order chi connectivity index (χ0) is 22.7. The van der Waals surface area contributed by atoms with Crippen molar-refractivity contribution in [3.05, 3.63) is 0 Å². The van der Waals surface area contributed by atoms with Crippen molar-refractivity contribution in [2.24, 2.45) is 52.3 Å². The first-order valence-corrected chi connectivity index (χ1v) is 13.8. The Labute approximate surface area is 194 Å². The summed E-state index contributed by atoms with van der Waals surface area (Å²) in [6.45, 7) is 12.8. The molecule has 0 aromatic carbocycles. The molecule has 6 rings (SSSR count). The smallest absolute Gasteiger partial charge is 0.171 e. The van der Waals surface area contributed by atoms with Crippen LogP contribution in [0.4, 0.5) is 0 Å². The lowest BCUT2D eigenvalue weighted by Gasteiger charge is -2.66. The molecule has 0 aromatic heterocycles. The lowest BCUT2D eigenvalue weighted by Crippen LogP contribution is -2.66. The maximum atomic E-state index is 11.9. The molecule has 4 heteroatoms. The monoisotopic (exact) mass is 446 g/mol. The zero-order valence-electron chi connectivity index (χ0n) is 21.0. The summed E-state index contributed by atoms with van der Waals surface area (Å²) in [4.78, 5) is 0. The maximum Gasteiger partial charge on any atom is 0.171 e. The predicted octanol–water partition coefficient (Wildman–Crippen LogP) is 5.15. The van der Waals surface area contributed by atoms with E-state index in [1.807, 2.05) is 0 Å². The van der Waals surface area contributed by atoms with Crippen LogP contribution in [0.5, 0.6) is 0 Å². The highest BCUT2D eigenvalue weighted by molar-refractivity contribution is 5.19. The van der Waals surface area contributed by atoms with Gasteiger partial charge in [-0.25, -0.2) is 0 Å². The minimum atomic E-state index is -0.714. The van der Waals surface area contributed by atoms with Crippen LogP contribution in [0, 0.1) is 52.3 Å². The first kappa shape index (κ1) is 22.3. The van der Waals surface area contributed by atoms with Crippen LogP contribution in [0.15, 0.2) is 0 Å². The summed E-state index contributed by atoms with van der Waals surface area (Å²) < 4.78 is 13.4. The van der Waals surface area contributed by atoms with Crippen molar-refractivity contribution in [3.8, 4) is 0 Å². The van der Waals surface area contributed by atoms with Gasteiger partial charge in [0.15, 0.2) is 5.79 Å². The van der Waals surface area contributed by atoms with Crippen molar-refractivity contribution in [2.75, 3.05) is 6.61 Å². The standard InChI is InChI=1S/C28H46O4/c1-16-6-11-28(31-15-16)18(3)24-23(32-28)13-22-20-12-17(2)27(30)14-19(29)7-10-26(27,5)21(20)8-9-25(22,24)4/h16-24,29-30H,6-15H2,1-5H3/t16-,17+,18+,19-,20-,21+,22+,23+,24+,25+,26-,27+,28-/m1/s1. The van der Waals surface area contributed by atoms with Crippen molar-refractivity contribution in [1.82, 2.24) is 0 Å². The number of rotatable bonds is 0. The fourth-order valence-corrected chi connectivity index (χ4v) is 10.7. The number of hydrogen-bond acceptors (Lipinski definition) is 4. The summed E-state index contributed by atoms with van der Waals surface area (Å²) in [5.41, 5.74) is -0.459. The van der Waals surface area contributed by atoms with Gasteiger partial charge < -0.3 is 19.7 Å². The van der Waals surface area contributed by atoms with E-state index in [2.05, 4.69) is 34.6 Å². The molecule has 4 saturated carbocycles. The van der Waals surface area contributed by atoms with Crippen molar-refractivity contribution in [1.29, 1.82) is 0 Å². The highest BCUT2D eigenvalue weighted by atomic mass is 16.7. The molecule has 6 aliphatic rings. The molecule has 0 unspecified atom stereocenters. The Morgan fingerprint density at radius 2 is 1.69 bits per heavy atom. The maximum absolute atomic E-state index is 11.9. The average Bonchev–Trinajstić information content (AvgIpc) is 3.18. The predicted molar refractivity (Wildman–Crippen MR) is 124 cm³/mol. The van der Waals surface area contributed by atoms with E-state index in [4.69, 9.17) is 9.47 Å². The van der Waals surface area contributed by atoms with Gasteiger partial charge in [-0.2, -0.15) is 0 Å². The van der Waals surface area contributed by atoms with Gasteiger partial charge in [-0.15, -0.1) is 0 Å². The molecule has 182 valence electrons. The van der Waals surface area contributed by atoms with Gasteiger partial charge in [0.1, 0.15) is 0 Å². The van der Waals surface area contributed by atoms with E-state index in [1.165, 1.54) is 25.7 Å². The van der Waals surface area contributed by atoms with Gasteiger partial charge in [0.2, 0.25) is 0 Å². The second-order valence-electron chi connectivity index (χ2n) is 13.8. The molecule has 2 N–H and O–H groups in total. The second kappa shape index (κ2) is 6.95. The van der Waals surface area contributed by atoms with Gasteiger partial charge >= 0.3 is 0 Å². The quantitative estimate of drug-likeness (QED) is 0.540. The Morgan fingerprint density at radius 1 is 0.906 bits per heavy atom. The van der Waals surface area contributed by atoms with Crippen molar-refractivity contribution >= 4 is 0 Å². The summed E-state index contributed by atoms with van der Waals surface area (Å²) in [5.74, 6) is 3.56. The summed E-state index contributed by atoms with van der Waals surface area (Å²) in [5, 5.41) is 22.3. The minimum Gasteiger partial charge on any atom is -0.393 e. The van der Waals surface area contributed by atoms with E-state index in [1.54, 1.807) is 0 Å². The largest absolute Gasteiger partial charge is 0.393 e. The molecule has 13 atom stereocenters. The SMILES string of the molecule is C[C@@H]1CC[C@@]2(OC1)O[C@H]1C[C@H]3[C@@H]4C[C@H](C)[C@@]5(O)C[C@H](O)CC[C@]5(C)[C@H]4CC[C@]3(C)[C@H]1[C@@H]2C. The molecule has 4 aliphatic carbocycles. The van der Waals surface area contributed by atoms with Crippen LogP contribution in [0.25, 0.3) is 0 Å². The highest BCUT2D eigenvalue weighted by Crippen LogP contribution is 2.72. The average molecular weight is 447 g/mol. The van der Waals surface area contributed by atoms with E-state index in [9.17, 15) is 10.2 Å². The number of hydrogen-bond donors (Lipinski definition) is 2. The number of aliphatic hydroxyl groups is 2. The second-order valence-corrected chi connectivity index (χ2v) is 13.8. The molecule has 0 radical (unpaired) electrons. The third-order valence-corrected chi connectivity index (χ3v) is 12.5. The minimum absolute atomic E-state index is 0.0656. The summed E-state index contributed by atoms with van der Waals surface area (Å²) in [6.07, 6.45) is 9.42. The Morgan fingerprint density at radius 3 is 2.41 bits per heavy atom. The Hall–Kier alpha value is -0.160. The van der Waals surface area contributed by atoms with Crippen molar-refractivity contribution in [2.45, 2.75) is 116 Å². The van der Waals surface area contributed by atoms with Crippen LogP contribution >= 0.6 is 0 Å². The highest BCUT2D eigenvalue weighted by Gasteiger charge is 2.71. The Kier molecular flexibility index (Phi) is 4.85. The van der Waals surface area contributed by atoms with Crippen LogP contribution in [-0.4, -0.2) is 40.4 Å². The van der Waals surface area contributed by atoms with Crippen molar-refractivity contribution in [3.63, 3.8) is 0 Å². The van der Waals surface area contributed by atoms with Crippen molar-refractivity contribution < 1.29 is 19.7 Å². The molecular formula is C28H46O4. The van der Waals surface area contributed by atoms with Gasteiger partial charge in [0.05, 0.1) is 24.4 Å². The van der Waals surface area contributed by atoms with Crippen LogP contribution < -0.4 is 0 Å². The molecule has 0 amide bonds. The third-order valence-electron chi connectivity index (χ3n) is 12.5. The normalized spacial score (nSPS) is 64.0.